The van der Waals surface area contributed by atoms with Crippen LogP contribution < -0.4 is 10.6 Å². The van der Waals surface area contributed by atoms with Gasteiger partial charge in [0.1, 0.15) is 0 Å². The second-order valence-electron chi connectivity index (χ2n) is 7.28. The van der Waals surface area contributed by atoms with Crippen LogP contribution in [-0.2, 0) is 9.53 Å². The molecule has 1 amide bonds. The van der Waals surface area contributed by atoms with Crippen molar-refractivity contribution < 1.29 is 9.53 Å². The van der Waals surface area contributed by atoms with Gasteiger partial charge in [-0.05, 0) is 56.2 Å². The number of ether oxygens (including phenoxy) is 1. The van der Waals surface area contributed by atoms with Crippen LogP contribution in [0.4, 0.5) is 0 Å². The molecule has 4 nitrogen and oxygen atoms in total. The van der Waals surface area contributed by atoms with Crippen molar-refractivity contribution in [1.29, 1.82) is 0 Å². The quantitative estimate of drug-likeness (QED) is 0.843. The van der Waals surface area contributed by atoms with E-state index in [1.54, 1.807) is 0 Å². The van der Waals surface area contributed by atoms with Crippen molar-refractivity contribution in [3.63, 3.8) is 0 Å². The molecule has 2 heterocycles. The molecule has 1 aromatic carbocycles. The summed E-state index contributed by atoms with van der Waals surface area (Å²) in [5.74, 6) is 1.26. The normalized spacial score (nSPS) is 24.5. The summed E-state index contributed by atoms with van der Waals surface area (Å²) in [6, 6.07) is 10.2. The Bertz CT molecular complexity index is 508. The summed E-state index contributed by atoms with van der Waals surface area (Å²) in [5.41, 5.74) is 1.15. The summed E-state index contributed by atoms with van der Waals surface area (Å²) in [6.45, 7) is 5.19. The molecule has 2 N–H and O–H groups in total. The molecule has 2 aliphatic rings. The number of carbonyl (C=O) groups excluding carboxylic acids is 1. The Morgan fingerprint density at radius 3 is 2.67 bits per heavy atom. The van der Waals surface area contributed by atoms with Crippen molar-refractivity contribution in [3.05, 3.63) is 35.9 Å². The first kappa shape index (κ1) is 17.4. The molecule has 0 aromatic heterocycles. The van der Waals surface area contributed by atoms with Crippen molar-refractivity contribution in [2.45, 2.75) is 51.2 Å². The van der Waals surface area contributed by atoms with Gasteiger partial charge < -0.3 is 15.4 Å². The number of rotatable bonds is 6. The van der Waals surface area contributed by atoms with Crippen LogP contribution in [0.1, 0.15) is 50.6 Å². The fraction of sp³-hybridized carbons (Fsp3) is 0.650. The van der Waals surface area contributed by atoms with Gasteiger partial charge in [0, 0.05) is 13.0 Å². The summed E-state index contributed by atoms with van der Waals surface area (Å²) in [6.07, 6.45) is 5.18. The van der Waals surface area contributed by atoms with Crippen molar-refractivity contribution in [2.24, 2.45) is 11.8 Å². The first-order valence-corrected chi connectivity index (χ1v) is 9.40. The highest BCUT2D eigenvalue weighted by Gasteiger charge is 2.30. The van der Waals surface area contributed by atoms with Gasteiger partial charge in [0.05, 0.1) is 12.1 Å². The second kappa shape index (κ2) is 8.63. The fourth-order valence-electron chi connectivity index (χ4n) is 4.02. The molecular weight excluding hydrogens is 300 g/mol. The van der Waals surface area contributed by atoms with Gasteiger partial charge in [-0.2, -0.15) is 0 Å². The average molecular weight is 330 g/mol. The first-order chi connectivity index (χ1) is 11.7. The van der Waals surface area contributed by atoms with E-state index >= 15 is 0 Å². The predicted molar refractivity (Wildman–Crippen MR) is 95.7 cm³/mol. The zero-order chi connectivity index (χ0) is 16.8. The lowest BCUT2D eigenvalue weighted by Gasteiger charge is -2.29. The molecule has 3 unspecified atom stereocenters. The van der Waals surface area contributed by atoms with Gasteiger partial charge in [-0.15, -0.1) is 0 Å². The third-order valence-corrected chi connectivity index (χ3v) is 5.51. The third-order valence-electron chi connectivity index (χ3n) is 5.51. The number of hydrogen-bond donors (Lipinski definition) is 2. The van der Waals surface area contributed by atoms with E-state index in [1.807, 2.05) is 18.2 Å². The summed E-state index contributed by atoms with van der Waals surface area (Å²) >= 11 is 0. The molecule has 0 bridgehead atoms. The van der Waals surface area contributed by atoms with E-state index in [-0.39, 0.29) is 18.1 Å². The molecule has 2 saturated heterocycles. The minimum Gasteiger partial charge on any atom is -0.376 e. The Labute approximate surface area is 145 Å². The molecule has 0 aliphatic carbocycles. The minimum atomic E-state index is -0.0265. The zero-order valence-corrected chi connectivity index (χ0v) is 14.7. The molecule has 3 rings (SSSR count). The summed E-state index contributed by atoms with van der Waals surface area (Å²) < 4.78 is 5.87. The second-order valence-corrected chi connectivity index (χ2v) is 7.28. The number of benzene rings is 1. The monoisotopic (exact) mass is 330 g/mol. The average Bonchev–Trinajstić information content (AvgIpc) is 3.15. The number of piperidine rings is 1. The highest BCUT2D eigenvalue weighted by molar-refractivity contribution is 5.76. The number of hydrogen-bond acceptors (Lipinski definition) is 3. The van der Waals surface area contributed by atoms with Crippen LogP contribution in [0.25, 0.3) is 0 Å². The number of amides is 1. The molecule has 0 saturated carbocycles. The van der Waals surface area contributed by atoms with Gasteiger partial charge in [-0.3, -0.25) is 4.79 Å². The minimum absolute atomic E-state index is 0.0265. The topological polar surface area (TPSA) is 50.4 Å². The van der Waals surface area contributed by atoms with Gasteiger partial charge in [0.15, 0.2) is 0 Å². The van der Waals surface area contributed by atoms with E-state index < -0.39 is 0 Å². The van der Waals surface area contributed by atoms with E-state index in [9.17, 15) is 4.79 Å². The molecule has 0 spiro atoms. The highest BCUT2D eigenvalue weighted by atomic mass is 16.5. The molecule has 132 valence electrons. The van der Waals surface area contributed by atoms with Crippen molar-refractivity contribution in [2.75, 3.05) is 19.7 Å². The van der Waals surface area contributed by atoms with E-state index in [2.05, 4.69) is 29.7 Å². The Balaban J connectivity index is 1.60. The SMILES string of the molecule is CC(CC(=O)NC(c1ccccc1)C1CCCO1)C1CCNCC1. The molecule has 2 fully saturated rings. The van der Waals surface area contributed by atoms with Gasteiger partial charge in [-0.25, -0.2) is 0 Å². The van der Waals surface area contributed by atoms with Gasteiger partial charge >= 0.3 is 0 Å². The largest absolute Gasteiger partial charge is 0.376 e. The van der Waals surface area contributed by atoms with Crippen LogP contribution in [-0.4, -0.2) is 31.7 Å². The number of carbonyl (C=O) groups is 1. The van der Waals surface area contributed by atoms with Crippen LogP contribution in [0.2, 0.25) is 0 Å². The van der Waals surface area contributed by atoms with Gasteiger partial charge in [-0.1, -0.05) is 37.3 Å². The van der Waals surface area contributed by atoms with E-state index in [0.29, 0.717) is 18.3 Å². The van der Waals surface area contributed by atoms with Crippen LogP contribution in [0.3, 0.4) is 0 Å². The number of nitrogens with one attached hydrogen (secondary N) is 2. The molecule has 3 atom stereocenters. The van der Waals surface area contributed by atoms with E-state index in [1.165, 1.54) is 12.8 Å². The smallest absolute Gasteiger partial charge is 0.220 e. The van der Waals surface area contributed by atoms with Gasteiger partial charge in [0.25, 0.3) is 0 Å². The Morgan fingerprint density at radius 1 is 1.25 bits per heavy atom. The lowest BCUT2D eigenvalue weighted by molar-refractivity contribution is -0.124. The van der Waals surface area contributed by atoms with Crippen molar-refractivity contribution in [3.8, 4) is 0 Å². The summed E-state index contributed by atoms with van der Waals surface area (Å²) in [4.78, 5) is 12.7. The fourth-order valence-corrected chi connectivity index (χ4v) is 4.02. The lowest BCUT2D eigenvalue weighted by Crippen LogP contribution is -2.38. The molecule has 1 aromatic rings. The van der Waals surface area contributed by atoms with E-state index in [0.717, 1.165) is 38.1 Å². The maximum atomic E-state index is 12.7. The third kappa shape index (κ3) is 4.58. The molecule has 0 radical (unpaired) electrons. The summed E-state index contributed by atoms with van der Waals surface area (Å²) in [5, 5.41) is 6.66. The first-order valence-electron chi connectivity index (χ1n) is 9.40. The molecular formula is C20H30N2O2. The van der Waals surface area contributed by atoms with Crippen LogP contribution in [0, 0.1) is 11.8 Å². The predicted octanol–water partition coefficient (Wildman–Crippen LogP) is 3.05. The Kier molecular flexibility index (Phi) is 6.27. The van der Waals surface area contributed by atoms with E-state index in [4.69, 9.17) is 4.74 Å². The zero-order valence-electron chi connectivity index (χ0n) is 14.7. The van der Waals surface area contributed by atoms with Crippen LogP contribution in [0.15, 0.2) is 30.3 Å². The Morgan fingerprint density at radius 2 is 2.00 bits per heavy atom. The van der Waals surface area contributed by atoms with Crippen molar-refractivity contribution >= 4 is 5.91 Å². The van der Waals surface area contributed by atoms with Gasteiger partial charge in [0.2, 0.25) is 5.91 Å². The standard InChI is InChI=1S/C20H30N2O2/c1-15(16-9-11-21-12-10-16)14-19(23)22-20(18-8-5-13-24-18)17-6-3-2-4-7-17/h2-4,6-7,15-16,18,20-21H,5,8-14H2,1H3,(H,22,23). The van der Waals surface area contributed by atoms with Crippen molar-refractivity contribution in [1.82, 2.24) is 10.6 Å². The lowest BCUT2D eigenvalue weighted by atomic mass is 9.84. The highest BCUT2D eigenvalue weighted by Crippen LogP contribution is 2.28. The van der Waals surface area contributed by atoms with Crippen LogP contribution in [0.5, 0.6) is 0 Å². The summed E-state index contributed by atoms with van der Waals surface area (Å²) in [7, 11) is 0. The van der Waals surface area contributed by atoms with Crippen LogP contribution >= 0.6 is 0 Å². The molecule has 24 heavy (non-hydrogen) atoms. The maximum Gasteiger partial charge on any atom is 0.220 e. The molecule has 4 heteroatoms. The Hall–Kier alpha value is -1.39. The maximum absolute atomic E-state index is 12.7. The molecule has 2 aliphatic heterocycles.